The summed E-state index contributed by atoms with van der Waals surface area (Å²) in [5.41, 5.74) is -0.562. The Balaban J connectivity index is 2.46. The van der Waals surface area contributed by atoms with Gasteiger partial charge in [-0.3, -0.25) is 4.98 Å². The van der Waals surface area contributed by atoms with E-state index in [0.29, 0.717) is 6.42 Å². The molecule has 7 heteroatoms. The number of hydrogen-bond acceptors (Lipinski definition) is 5. The molecule has 1 unspecified atom stereocenters. The lowest BCUT2D eigenvalue weighted by molar-refractivity contribution is 0.00681. The maximum atomic E-state index is 11.6. The molecule has 0 spiro atoms. The molecule has 0 saturated heterocycles. The molecule has 18 heavy (non-hydrogen) atoms. The second-order valence-corrected chi connectivity index (χ2v) is 6.33. The van der Waals surface area contributed by atoms with E-state index in [1.54, 1.807) is 24.5 Å². The van der Waals surface area contributed by atoms with Crippen LogP contribution in [0.3, 0.4) is 0 Å². The molecule has 0 fully saturated rings. The van der Waals surface area contributed by atoms with Gasteiger partial charge in [0.2, 0.25) is 10.0 Å². The van der Waals surface area contributed by atoms with Crippen LogP contribution in [0, 0.1) is 0 Å². The molecule has 0 saturated carbocycles. The van der Waals surface area contributed by atoms with Crippen molar-refractivity contribution in [1.82, 2.24) is 9.71 Å². The fraction of sp³-hybridized carbons (Fsp3) is 0.545. The van der Waals surface area contributed by atoms with E-state index >= 15 is 0 Å². The summed E-state index contributed by atoms with van der Waals surface area (Å²) in [7, 11) is -3.46. The van der Waals surface area contributed by atoms with E-state index in [1.807, 2.05) is 0 Å². The summed E-state index contributed by atoms with van der Waals surface area (Å²) in [4.78, 5) is 3.84. The first-order chi connectivity index (χ1) is 8.35. The van der Waals surface area contributed by atoms with Crippen molar-refractivity contribution in [1.29, 1.82) is 0 Å². The molecule has 0 aliphatic carbocycles. The Bertz CT molecular complexity index is 459. The third kappa shape index (κ3) is 5.54. The van der Waals surface area contributed by atoms with Gasteiger partial charge in [-0.2, -0.15) is 0 Å². The largest absolute Gasteiger partial charge is 0.393 e. The Kier molecular flexibility index (Phi) is 5.21. The van der Waals surface area contributed by atoms with Crippen LogP contribution in [0.25, 0.3) is 0 Å². The summed E-state index contributed by atoms with van der Waals surface area (Å²) in [6.07, 6.45) is 3.58. The highest BCUT2D eigenvalue weighted by Crippen LogP contribution is 2.02. The van der Waals surface area contributed by atoms with Crippen LogP contribution in [0.2, 0.25) is 0 Å². The number of nitrogens with zero attached hydrogens (tertiary/aromatic N) is 1. The minimum Gasteiger partial charge on any atom is -0.393 e. The fourth-order valence-electron chi connectivity index (χ4n) is 1.20. The third-order valence-electron chi connectivity index (χ3n) is 2.42. The van der Waals surface area contributed by atoms with Crippen molar-refractivity contribution in [2.24, 2.45) is 0 Å². The van der Waals surface area contributed by atoms with Crippen LogP contribution in [0.15, 0.2) is 24.5 Å². The van der Waals surface area contributed by atoms with Gasteiger partial charge in [-0.1, -0.05) is 0 Å². The third-order valence-corrected chi connectivity index (χ3v) is 3.75. The van der Waals surface area contributed by atoms with E-state index in [2.05, 4.69) is 9.71 Å². The van der Waals surface area contributed by atoms with Crippen molar-refractivity contribution in [3.63, 3.8) is 0 Å². The monoisotopic (exact) mass is 274 g/mol. The topological polar surface area (TPSA) is 99.5 Å². The second kappa shape index (κ2) is 6.24. The van der Waals surface area contributed by atoms with Gasteiger partial charge in [-0.25, -0.2) is 13.1 Å². The summed E-state index contributed by atoms with van der Waals surface area (Å²) < 4.78 is 25.6. The summed E-state index contributed by atoms with van der Waals surface area (Å²) in [5.74, 6) is -0.0709. The molecular formula is C11H18N2O4S. The average Bonchev–Trinajstić information content (AvgIpc) is 2.36. The Morgan fingerprint density at radius 3 is 2.56 bits per heavy atom. The van der Waals surface area contributed by atoms with Crippen LogP contribution in [0.5, 0.6) is 0 Å². The highest BCUT2D eigenvalue weighted by Gasteiger charge is 2.22. The highest BCUT2D eigenvalue weighted by atomic mass is 32.2. The van der Waals surface area contributed by atoms with Crippen molar-refractivity contribution in [3.8, 4) is 0 Å². The molecular weight excluding hydrogens is 256 g/mol. The first kappa shape index (κ1) is 15.0. The van der Waals surface area contributed by atoms with Gasteiger partial charge in [0, 0.05) is 18.9 Å². The summed E-state index contributed by atoms with van der Waals surface area (Å²) in [6, 6.07) is 3.50. The van der Waals surface area contributed by atoms with E-state index in [0.717, 1.165) is 5.56 Å². The van der Waals surface area contributed by atoms with Gasteiger partial charge >= 0.3 is 0 Å². The molecule has 1 rings (SSSR count). The zero-order valence-electron chi connectivity index (χ0n) is 10.2. The van der Waals surface area contributed by atoms with E-state index < -0.39 is 22.2 Å². The Hall–Kier alpha value is -1.02. The molecule has 6 nitrogen and oxygen atoms in total. The number of pyridine rings is 1. The lowest BCUT2D eigenvalue weighted by Gasteiger charge is -2.20. The van der Waals surface area contributed by atoms with Gasteiger partial charge in [0.05, 0.1) is 18.0 Å². The number of aliphatic hydroxyl groups is 2. The van der Waals surface area contributed by atoms with Crippen molar-refractivity contribution < 1.29 is 18.6 Å². The molecule has 1 aromatic rings. The first-order valence-corrected chi connectivity index (χ1v) is 7.19. The number of aromatic nitrogens is 1. The molecule has 0 bridgehead atoms. The molecule has 1 atom stereocenters. The predicted molar refractivity (Wildman–Crippen MR) is 67.4 cm³/mol. The maximum absolute atomic E-state index is 11.6. The predicted octanol–water partition coefficient (Wildman–Crippen LogP) is -0.713. The van der Waals surface area contributed by atoms with Crippen molar-refractivity contribution in [2.75, 3.05) is 18.9 Å². The molecule has 3 N–H and O–H groups in total. The van der Waals surface area contributed by atoms with Gasteiger partial charge in [0.15, 0.2) is 0 Å². The van der Waals surface area contributed by atoms with Crippen molar-refractivity contribution in [3.05, 3.63) is 30.1 Å². The maximum Gasteiger partial charge on any atom is 0.212 e. The first-order valence-electron chi connectivity index (χ1n) is 5.54. The van der Waals surface area contributed by atoms with Gasteiger partial charge in [0.1, 0.15) is 0 Å². The van der Waals surface area contributed by atoms with Crippen LogP contribution in [-0.2, 0) is 16.4 Å². The molecule has 0 aromatic carbocycles. The Morgan fingerprint density at radius 1 is 1.39 bits per heavy atom. The molecule has 0 radical (unpaired) electrons. The van der Waals surface area contributed by atoms with Crippen LogP contribution in [0.1, 0.15) is 12.5 Å². The molecule has 0 amide bonds. The van der Waals surface area contributed by atoms with Crippen LogP contribution < -0.4 is 4.72 Å². The van der Waals surface area contributed by atoms with Crippen molar-refractivity contribution in [2.45, 2.75) is 18.9 Å². The average molecular weight is 274 g/mol. The number of aliphatic hydroxyl groups excluding tert-OH is 1. The van der Waals surface area contributed by atoms with Gasteiger partial charge < -0.3 is 10.2 Å². The molecule has 1 heterocycles. The van der Waals surface area contributed by atoms with E-state index in [4.69, 9.17) is 5.11 Å². The highest BCUT2D eigenvalue weighted by molar-refractivity contribution is 7.89. The summed E-state index contributed by atoms with van der Waals surface area (Å²) in [6.45, 7) is 0.653. The molecule has 102 valence electrons. The van der Waals surface area contributed by atoms with Crippen LogP contribution >= 0.6 is 0 Å². The second-order valence-electron chi connectivity index (χ2n) is 4.40. The standard InChI is InChI=1S/C11H18N2O4S/c1-11(15,9-14)8-13-18(16,17)7-4-10-2-5-12-6-3-10/h2-3,5-6,13-15H,4,7-9H2,1H3. The SMILES string of the molecule is CC(O)(CO)CNS(=O)(=O)CCc1ccncc1. The summed E-state index contributed by atoms with van der Waals surface area (Å²) >= 11 is 0. The summed E-state index contributed by atoms with van der Waals surface area (Å²) in [5, 5.41) is 18.3. The Labute approximate surface area is 107 Å². The van der Waals surface area contributed by atoms with E-state index in [-0.39, 0.29) is 12.3 Å². The molecule has 0 aliphatic heterocycles. The number of sulfonamides is 1. The normalized spacial score (nSPS) is 15.3. The smallest absolute Gasteiger partial charge is 0.212 e. The van der Waals surface area contributed by atoms with Crippen LogP contribution in [0.4, 0.5) is 0 Å². The minimum absolute atomic E-state index is 0.0709. The number of aryl methyl sites for hydroxylation is 1. The molecule has 0 aliphatic rings. The molecule has 1 aromatic heterocycles. The van der Waals surface area contributed by atoms with Gasteiger partial charge in [-0.05, 0) is 31.0 Å². The minimum atomic E-state index is -3.46. The lowest BCUT2D eigenvalue weighted by atomic mass is 10.1. The zero-order valence-corrected chi connectivity index (χ0v) is 11.0. The van der Waals surface area contributed by atoms with Crippen LogP contribution in [-0.4, -0.2) is 48.1 Å². The Morgan fingerprint density at radius 2 is 2.00 bits per heavy atom. The number of rotatable bonds is 7. The van der Waals surface area contributed by atoms with Gasteiger partial charge in [0.25, 0.3) is 0 Å². The van der Waals surface area contributed by atoms with Crippen molar-refractivity contribution >= 4 is 10.0 Å². The fourth-order valence-corrected chi connectivity index (χ4v) is 2.37. The number of hydrogen-bond donors (Lipinski definition) is 3. The van der Waals surface area contributed by atoms with E-state index in [1.165, 1.54) is 6.92 Å². The van der Waals surface area contributed by atoms with Gasteiger partial charge in [-0.15, -0.1) is 0 Å². The lowest BCUT2D eigenvalue weighted by Crippen LogP contribution is -2.44. The zero-order chi connectivity index (χ0) is 13.6. The van der Waals surface area contributed by atoms with E-state index in [9.17, 15) is 13.5 Å². The quantitative estimate of drug-likeness (QED) is 0.610. The number of nitrogens with one attached hydrogen (secondary N) is 1.